The van der Waals surface area contributed by atoms with E-state index in [9.17, 15) is 14.9 Å². The third-order valence-electron chi connectivity index (χ3n) is 2.93. The van der Waals surface area contributed by atoms with Crippen LogP contribution in [0.1, 0.15) is 19.3 Å². The molecule has 17 heavy (non-hydrogen) atoms. The van der Waals surface area contributed by atoms with Gasteiger partial charge in [0.1, 0.15) is 12.0 Å². The molecule has 7 heteroatoms. The third kappa shape index (κ3) is 2.27. The molecule has 92 valence electrons. The summed E-state index contributed by atoms with van der Waals surface area (Å²) in [4.78, 5) is 23.6. The number of nitrogens with zero attached hydrogens (tertiary/aromatic N) is 4. The topological polar surface area (TPSA) is 81.3 Å². The van der Waals surface area contributed by atoms with Crippen LogP contribution in [-0.2, 0) is 11.8 Å². The van der Waals surface area contributed by atoms with Gasteiger partial charge in [0.2, 0.25) is 5.82 Å². The monoisotopic (exact) mass is 238 g/mol. The Morgan fingerprint density at radius 3 is 2.88 bits per heavy atom. The van der Waals surface area contributed by atoms with Crippen molar-refractivity contribution in [3.63, 3.8) is 0 Å². The Kier molecular flexibility index (Phi) is 3.08. The molecule has 7 nitrogen and oxygen atoms in total. The highest BCUT2D eigenvalue weighted by molar-refractivity contribution is 5.79. The fourth-order valence-corrected chi connectivity index (χ4v) is 2.09. The molecule has 0 bridgehead atoms. The lowest BCUT2D eigenvalue weighted by atomic mass is 10.2. The molecule has 0 radical (unpaired) electrons. The number of anilines is 1. The van der Waals surface area contributed by atoms with Crippen LogP contribution in [0.4, 0.5) is 11.5 Å². The van der Waals surface area contributed by atoms with Crippen molar-refractivity contribution in [3.05, 3.63) is 16.3 Å². The second-order valence-corrected chi connectivity index (χ2v) is 4.11. The molecule has 1 aliphatic heterocycles. The van der Waals surface area contributed by atoms with E-state index in [1.807, 2.05) is 4.90 Å². The van der Waals surface area contributed by atoms with Crippen LogP contribution in [-0.4, -0.2) is 33.6 Å². The Morgan fingerprint density at radius 1 is 1.41 bits per heavy atom. The summed E-state index contributed by atoms with van der Waals surface area (Å²) in [5, 5.41) is 14.8. The van der Waals surface area contributed by atoms with Gasteiger partial charge >= 0.3 is 5.69 Å². The smallest absolute Gasteiger partial charge is 0.331 e. The Labute approximate surface area is 98.2 Å². The van der Waals surface area contributed by atoms with Crippen molar-refractivity contribution in [2.45, 2.75) is 19.3 Å². The summed E-state index contributed by atoms with van der Waals surface area (Å²) in [5.74, 6) is 0.710. The van der Waals surface area contributed by atoms with Crippen molar-refractivity contribution in [3.8, 4) is 0 Å². The maximum absolute atomic E-state index is 11.3. The first-order chi connectivity index (χ1) is 8.09. The molecule has 0 saturated carbocycles. The van der Waals surface area contributed by atoms with E-state index in [2.05, 4.69) is 5.10 Å². The molecule has 0 N–H and O–H groups in total. The van der Waals surface area contributed by atoms with Crippen LogP contribution in [0.15, 0.2) is 6.20 Å². The molecule has 1 aromatic heterocycles. The summed E-state index contributed by atoms with van der Waals surface area (Å²) in [6.45, 7) is 1.19. The fraction of sp³-hybridized carbons (Fsp3) is 0.600. The average Bonchev–Trinajstić information content (AvgIpc) is 2.52. The Hall–Kier alpha value is -1.92. The number of hydrogen-bond acceptors (Lipinski definition) is 5. The molecule has 0 aliphatic carbocycles. The van der Waals surface area contributed by atoms with Crippen molar-refractivity contribution >= 4 is 17.3 Å². The molecule has 0 unspecified atom stereocenters. The predicted molar refractivity (Wildman–Crippen MR) is 60.9 cm³/mol. The van der Waals surface area contributed by atoms with Gasteiger partial charge < -0.3 is 4.90 Å². The summed E-state index contributed by atoms with van der Waals surface area (Å²) < 4.78 is 1.49. The van der Waals surface area contributed by atoms with Gasteiger partial charge in [-0.15, -0.1) is 0 Å². The zero-order chi connectivity index (χ0) is 12.4. The van der Waals surface area contributed by atoms with Crippen molar-refractivity contribution in [1.82, 2.24) is 9.78 Å². The number of carbonyl (C=O) groups excluding carboxylic acids is 1. The van der Waals surface area contributed by atoms with Gasteiger partial charge in [0.25, 0.3) is 0 Å². The van der Waals surface area contributed by atoms with Crippen molar-refractivity contribution in [2.75, 3.05) is 18.0 Å². The standard InChI is InChI=1S/C10H14N4O3/c1-12-10(9(7-11-12)14(16)17)13-5-2-3-8(15)4-6-13/h7H,2-6H2,1H3. The summed E-state index contributed by atoms with van der Waals surface area (Å²) in [7, 11) is 1.68. The largest absolute Gasteiger partial charge is 0.351 e. The number of Topliss-reactive ketones (excluding diaryl/α,β-unsaturated/α-hetero) is 1. The third-order valence-corrected chi connectivity index (χ3v) is 2.93. The van der Waals surface area contributed by atoms with Crippen LogP contribution < -0.4 is 4.90 Å². The molecule has 0 amide bonds. The van der Waals surface area contributed by atoms with Gasteiger partial charge in [-0.3, -0.25) is 14.9 Å². The Morgan fingerprint density at radius 2 is 2.18 bits per heavy atom. The van der Waals surface area contributed by atoms with Gasteiger partial charge in [0, 0.05) is 33.0 Å². The maximum atomic E-state index is 11.3. The van der Waals surface area contributed by atoms with Gasteiger partial charge in [-0.25, -0.2) is 4.68 Å². The number of rotatable bonds is 2. The first kappa shape index (κ1) is 11.6. The van der Waals surface area contributed by atoms with Gasteiger partial charge in [-0.1, -0.05) is 0 Å². The molecule has 0 aromatic carbocycles. The molecule has 1 aliphatic rings. The minimum atomic E-state index is -0.435. The number of carbonyl (C=O) groups is 1. The lowest BCUT2D eigenvalue weighted by Gasteiger charge is -2.20. The zero-order valence-corrected chi connectivity index (χ0v) is 9.63. The lowest BCUT2D eigenvalue weighted by Crippen LogP contribution is -2.27. The Bertz CT molecular complexity index is 454. The van der Waals surface area contributed by atoms with E-state index >= 15 is 0 Å². The summed E-state index contributed by atoms with van der Waals surface area (Å²) in [5.41, 5.74) is 0.00171. The molecule has 1 aromatic rings. The Balaban J connectivity index is 2.29. The molecular formula is C10H14N4O3. The molecular weight excluding hydrogens is 224 g/mol. The SMILES string of the molecule is Cn1ncc([N+](=O)[O-])c1N1CCCC(=O)CC1. The minimum Gasteiger partial charge on any atom is -0.351 e. The number of hydrogen-bond donors (Lipinski definition) is 0. The summed E-state index contributed by atoms with van der Waals surface area (Å²) >= 11 is 0. The van der Waals surface area contributed by atoms with Gasteiger partial charge in [-0.05, 0) is 6.42 Å². The normalized spacial score (nSPS) is 17.0. The number of ketones is 1. The van der Waals surface area contributed by atoms with E-state index in [1.165, 1.54) is 10.9 Å². The first-order valence-electron chi connectivity index (χ1n) is 5.52. The number of aryl methyl sites for hydroxylation is 1. The van der Waals surface area contributed by atoms with Crippen LogP contribution >= 0.6 is 0 Å². The molecule has 1 saturated heterocycles. The van der Waals surface area contributed by atoms with E-state index in [-0.39, 0.29) is 11.5 Å². The quantitative estimate of drug-likeness (QED) is 0.564. The molecule has 0 spiro atoms. The van der Waals surface area contributed by atoms with Gasteiger partial charge in [-0.2, -0.15) is 5.10 Å². The van der Waals surface area contributed by atoms with E-state index in [0.29, 0.717) is 31.7 Å². The average molecular weight is 238 g/mol. The lowest BCUT2D eigenvalue weighted by molar-refractivity contribution is -0.384. The molecule has 1 fully saturated rings. The zero-order valence-electron chi connectivity index (χ0n) is 9.63. The molecule has 2 heterocycles. The fourth-order valence-electron chi connectivity index (χ4n) is 2.09. The second-order valence-electron chi connectivity index (χ2n) is 4.11. The van der Waals surface area contributed by atoms with Crippen LogP contribution in [0.3, 0.4) is 0 Å². The predicted octanol–water partition coefficient (Wildman–Crippen LogP) is 0.888. The maximum Gasteiger partial charge on any atom is 0.331 e. The van der Waals surface area contributed by atoms with Crippen molar-refractivity contribution < 1.29 is 9.72 Å². The highest BCUT2D eigenvalue weighted by Gasteiger charge is 2.26. The summed E-state index contributed by atoms with van der Waals surface area (Å²) in [6, 6.07) is 0. The number of aromatic nitrogens is 2. The molecule has 2 rings (SSSR count). The van der Waals surface area contributed by atoms with Crippen LogP contribution in [0.25, 0.3) is 0 Å². The van der Waals surface area contributed by atoms with E-state index < -0.39 is 4.92 Å². The second kappa shape index (κ2) is 4.52. The highest BCUT2D eigenvalue weighted by Crippen LogP contribution is 2.28. The first-order valence-corrected chi connectivity index (χ1v) is 5.52. The molecule has 0 atom stereocenters. The van der Waals surface area contributed by atoms with Crippen molar-refractivity contribution in [2.24, 2.45) is 7.05 Å². The van der Waals surface area contributed by atoms with E-state index in [4.69, 9.17) is 0 Å². The van der Waals surface area contributed by atoms with Crippen molar-refractivity contribution in [1.29, 1.82) is 0 Å². The van der Waals surface area contributed by atoms with Gasteiger partial charge in [0.05, 0.1) is 4.92 Å². The highest BCUT2D eigenvalue weighted by atomic mass is 16.6. The summed E-state index contributed by atoms with van der Waals surface area (Å²) in [6.07, 6.45) is 2.99. The van der Waals surface area contributed by atoms with Gasteiger partial charge in [0.15, 0.2) is 0 Å². The van der Waals surface area contributed by atoms with Crippen LogP contribution in [0.5, 0.6) is 0 Å². The van der Waals surface area contributed by atoms with E-state index in [1.54, 1.807) is 7.05 Å². The van der Waals surface area contributed by atoms with Crippen LogP contribution in [0.2, 0.25) is 0 Å². The minimum absolute atomic E-state index is 0.00171. The van der Waals surface area contributed by atoms with E-state index in [0.717, 1.165) is 6.42 Å². The number of nitro groups is 1. The van der Waals surface area contributed by atoms with Crippen LogP contribution in [0, 0.1) is 10.1 Å².